The number of thiophene rings is 1. The molecule has 2 aromatic rings. The van der Waals surface area contributed by atoms with E-state index in [1.807, 2.05) is 6.07 Å². The van der Waals surface area contributed by atoms with Crippen LogP contribution in [0, 0.1) is 0 Å². The summed E-state index contributed by atoms with van der Waals surface area (Å²) >= 11 is 8.23. The van der Waals surface area contributed by atoms with Gasteiger partial charge >= 0.3 is 0 Å². The highest BCUT2D eigenvalue weighted by Gasteiger charge is 2.11. The van der Waals surface area contributed by atoms with Gasteiger partial charge in [-0.25, -0.2) is 0 Å². The van der Waals surface area contributed by atoms with E-state index in [1.54, 1.807) is 11.3 Å². The second-order valence-corrected chi connectivity index (χ2v) is 6.12. The van der Waals surface area contributed by atoms with Crippen LogP contribution < -0.4 is 5.32 Å². The maximum atomic E-state index is 6.43. The molecule has 1 N–H and O–H groups in total. The summed E-state index contributed by atoms with van der Waals surface area (Å²) in [5.74, 6) is 0. The van der Waals surface area contributed by atoms with Gasteiger partial charge in [0, 0.05) is 27.5 Å². The average molecular weight is 282 g/mol. The third-order valence-electron chi connectivity index (χ3n) is 3.28. The Bertz CT molecular complexity index is 506. The van der Waals surface area contributed by atoms with Crippen molar-refractivity contribution in [2.45, 2.75) is 45.7 Å². The standard InChI is InChI=1S/C15H20ClNS/c1-3-7-11(4-2)17-10-14-15(16)12-8-5-6-9-13(12)18-14/h5-6,8-9,11,17H,3-4,7,10H2,1-2H3. The van der Waals surface area contributed by atoms with Crippen molar-refractivity contribution >= 4 is 33.0 Å². The summed E-state index contributed by atoms with van der Waals surface area (Å²) in [5.41, 5.74) is 0. The molecule has 0 saturated carbocycles. The highest BCUT2D eigenvalue weighted by atomic mass is 35.5. The number of hydrogen-bond donors (Lipinski definition) is 1. The number of benzene rings is 1. The maximum absolute atomic E-state index is 6.43. The van der Waals surface area contributed by atoms with Crippen molar-refractivity contribution in [1.82, 2.24) is 5.32 Å². The van der Waals surface area contributed by atoms with Crippen molar-refractivity contribution in [3.05, 3.63) is 34.2 Å². The van der Waals surface area contributed by atoms with Gasteiger partial charge in [-0.3, -0.25) is 0 Å². The summed E-state index contributed by atoms with van der Waals surface area (Å²) in [7, 11) is 0. The molecule has 2 rings (SSSR count). The first-order chi connectivity index (χ1) is 8.76. The Kier molecular flexibility index (Phi) is 5.04. The Morgan fingerprint density at radius 1 is 1.28 bits per heavy atom. The number of halogens is 1. The lowest BCUT2D eigenvalue weighted by molar-refractivity contribution is 0.464. The molecule has 1 nitrogen and oxygen atoms in total. The van der Waals surface area contributed by atoms with Gasteiger partial charge in [0.1, 0.15) is 0 Å². The number of fused-ring (bicyclic) bond motifs is 1. The van der Waals surface area contributed by atoms with Crippen LogP contribution >= 0.6 is 22.9 Å². The maximum Gasteiger partial charge on any atom is 0.0636 e. The van der Waals surface area contributed by atoms with Crippen LogP contribution in [-0.4, -0.2) is 6.04 Å². The molecule has 0 amide bonds. The fourth-order valence-electron chi connectivity index (χ4n) is 2.21. The third-order valence-corrected chi connectivity index (χ3v) is 5.00. The van der Waals surface area contributed by atoms with E-state index in [1.165, 1.54) is 34.2 Å². The molecule has 0 radical (unpaired) electrons. The second-order valence-electron chi connectivity index (χ2n) is 4.61. The minimum Gasteiger partial charge on any atom is -0.309 e. The lowest BCUT2D eigenvalue weighted by Gasteiger charge is -2.15. The summed E-state index contributed by atoms with van der Waals surface area (Å²) in [4.78, 5) is 1.26. The average Bonchev–Trinajstić information content (AvgIpc) is 2.72. The van der Waals surface area contributed by atoms with Crippen LogP contribution in [0.2, 0.25) is 5.02 Å². The summed E-state index contributed by atoms with van der Waals surface area (Å²) in [5, 5.41) is 5.72. The Morgan fingerprint density at radius 3 is 2.72 bits per heavy atom. The fourth-order valence-corrected chi connectivity index (χ4v) is 3.66. The zero-order valence-electron chi connectivity index (χ0n) is 11.0. The van der Waals surface area contributed by atoms with E-state index >= 15 is 0 Å². The SMILES string of the molecule is CCCC(CC)NCc1sc2ccccc2c1Cl. The molecule has 0 bridgehead atoms. The monoisotopic (exact) mass is 281 g/mol. The van der Waals surface area contributed by atoms with Crippen LogP contribution in [-0.2, 0) is 6.54 Å². The van der Waals surface area contributed by atoms with E-state index in [2.05, 4.69) is 37.4 Å². The van der Waals surface area contributed by atoms with Crippen molar-refractivity contribution in [1.29, 1.82) is 0 Å². The molecule has 0 aliphatic heterocycles. The van der Waals surface area contributed by atoms with Crippen molar-refractivity contribution in [2.75, 3.05) is 0 Å². The minimum atomic E-state index is 0.608. The molecule has 0 fully saturated rings. The summed E-state index contributed by atoms with van der Waals surface area (Å²) in [6.07, 6.45) is 3.64. The van der Waals surface area contributed by atoms with Crippen LogP contribution in [0.15, 0.2) is 24.3 Å². The van der Waals surface area contributed by atoms with E-state index < -0.39 is 0 Å². The molecule has 1 heterocycles. The van der Waals surface area contributed by atoms with Crippen molar-refractivity contribution in [3.8, 4) is 0 Å². The number of rotatable bonds is 6. The third kappa shape index (κ3) is 3.05. The van der Waals surface area contributed by atoms with Gasteiger partial charge in [0.25, 0.3) is 0 Å². The molecule has 98 valence electrons. The minimum absolute atomic E-state index is 0.608. The van der Waals surface area contributed by atoms with Gasteiger partial charge in [-0.2, -0.15) is 0 Å². The van der Waals surface area contributed by atoms with Gasteiger partial charge in [-0.15, -0.1) is 11.3 Å². The second kappa shape index (κ2) is 6.55. The molecule has 18 heavy (non-hydrogen) atoms. The zero-order chi connectivity index (χ0) is 13.0. The molecule has 0 spiro atoms. The Labute approximate surface area is 118 Å². The van der Waals surface area contributed by atoms with E-state index in [9.17, 15) is 0 Å². The Balaban J connectivity index is 2.09. The van der Waals surface area contributed by atoms with Gasteiger partial charge in [0.05, 0.1) is 5.02 Å². The van der Waals surface area contributed by atoms with Gasteiger partial charge in [0.15, 0.2) is 0 Å². The van der Waals surface area contributed by atoms with Crippen LogP contribution in [0.4, 0.5) is 0 Å². The Hall–Kier alpha value is -0.570. The normalized spacial score (nSPS) is 13.1. The van der Waals surface area contributed by atoms with Gasteiger partial charge in [0.2, 0.25) is 0 Å². The summed E-state index contributed by atoms with van der Waals surface area (Å²) in [6.45, 7) is 5.35. The topological polar surface area (TPSA) is 12.0 Å². The molecule has 0 aliphatic rings. The lowest BCUT2D eigenvalue weighted by Crippen LogP contribution is -2.27. The lowest BCUT2D eigenvalue weighted by atomic mass is 10.1. The van der Waals surface area contributed by atoms with E-state index in [-0.39, 0.29) is 0 Å². The number of hydrogen-bond acceptors (Lipinski definition) is 2. The molecule has 1 unspecified atom stereocenters. The number of nitrogens with one attached hydrogen (secondary N) is 1. The van der Waals surface area contributed by atoms with Crippen molar-refractivity contribution in [3.63, 3.8) is 0 Å². The molecular formula is C15H20ClNS. The first-order valence-electron chi connectivity index (χ1n) is 6.65. The van der Waals surface area contributed by atoms with Gasteiger partial charge in [-0.1, -0.05) is 50.1 Å². The van der Waals surface area contributed by atoms with Gasteiger partial charge < -0.3 is 5.32 Å². The fraction of sp³-hybridized carbons (Fsp3) is 0.467. The first kappa shape index (κ1) is 13.9. The highest BCUT2D eigenvalue weighted by Crippen LogP contribution is 2.35. The molecular weight excluding hydrogens is 262 g/mol. The predicted octanol–water partition coefficient (Wildman–Crippen LogP) is 5.22. The molecule has 1 aromatic heterocycles. The summed E-state index contributed by atoms with van der Waals surface area (Å²) < 4.78 is 1.28. The smallest absolute Gasteiger partial charge is 0.0636 e. The zero-order valence-corrected chi connectivity index (χ0v) is 12.6. The predicted molar refractivity (Wildman–Crippen MR) is 82.7 cm³/mol. The van der Waals surface area contributed by atoms with Crippen LogP contribution in [0.5, 0.6) is 0 Å². The van der Waals surface area contributed by atoms with Crippen molar-refractivity contribution < 1.29 is 0 Å². The van der Waals surface area contributed by atoms with Crippen molar-refractivity contribution in [2.24, 2.45) is 0 Å². The summed E-state index contributed by atoms with van der Waals surface area (Å²) in [6, 6.07) is 8.96. The van der Waals surface area contributed by atoms with Crippen LogP contribution in [0.25, 0.3) is 10.1 Å². The first-order valence-corrected chi connectivity index (χ1v) is 7.85. The molecule has 0 saturated heterocycles. The van der Waals surface area contributed by atoms with E-state index in [4.69, 9.17) is 11.6 Å². The largest absolute Gasteiger partial charge is 0.309 e. The molecule has 1 aromatic carbocycles. The van der Waals surface area contributed by atoms with E-state index in [0.717, 1.165) is 11.6 Å². The quantitative estimate of drug-likeness (QED) is 0.765. The van der Waals surface area contributed by atoms with Crippen LogP contribution in [0.3, 0.4) is 0 Å². The molecule has 1 atom stereocenters. The highest BCUT2D eigenvalue weighted by molar-refractivity contribution is 7.19. The van der Waals surface area contributed by atoms with Crippen LogP contribution in [0.1, 0.15) is 38.0 Å². The van der Waals surface area contributed by atoms with E-state index in [0.29, 0.717) is 6.04 Å². The molecule has 0 aliphatic carbocycles. The Morgan fingerprint density at radius 2 is 2.06 bits per heavy atom. The van der Waals surface area contributed by atoms with Gasteiger partial charge in [-0.05, 0) is 18.9 Å². The molecule has 3 heteroatoms.